The predicted octanol–water partition coefficient (Wildman–Crippen LogP) is 3.77. The molecule has 0 fully saturated rings. The van der Waals surface area contributed by atoms with Gasteiger partial charge in [0.25, 0.3) is 5.91 Å². The van der Waals surface area contributed by atoms with Crippen molar-refractivity contribution >= 4 is 5.91 Å². The molecule has 0 saturated carbocycles. The summed E-state index contributed by atoms with van der Waals surface area (Å²) < 4.78 is 38.1. The van der Waals surface area contributed by atoms with Crippen molar-refractivity contribution in [1.29, 1.82) is 0 Å². The maximum atomic E-state index is 12.7. The number of benzene rings is 1. The van der Waals surface area contributed by atoms with Crippen LogP contribution in [-0.4, -0.2) is 10.9 Å². The van der Waals surface area contributed by atoms with E-state index in [2.05, 4.69) is 10.3 Å². The number of rotatable bonds is 3. The molecule has 22 heavy (non-hydrogen) atoms. The molecule has 0 saturated heterocycles. The fourth-order valence-electron chi connectivity index (χ4n) is 1.99. The summed E-state index contributed by atoms with van der Waals surface area (Å²) in [5, 5.41) is 2.70. The van der Waals surface area contributed by atoms with Gasteiger partial charge in [0, 0.05) is 11.8 Å². The average Bonchev–Trinajstić information content (AvgIpc) is 2.47. The van der Waals surface area contributed by atoms with Crippen LogP contribution in [0.3, 0.4) is 0 Å². The van der Waals surface area contributed by atoms with E-state index >= 15 is 0 Å². The molecule has 1 aromatic heterocycles. The van der Waals surface area contributed by atoms with Crippen LogP contribution in [0.2, 0.25) is 0 Å². The molecule has 1 heterocycles. The molecule has 2 aromatic rings. The summed E-state index contributed by atoms with van der Waals surface area (Å²) in [4.78, 5) is 16.4. The van der Waals surface area contributed by atoms with E-state index in [9.17, 15) is 18.0 Å². The Bertz CT molecular complexity index is 667. The predicted molar refractivity (Wildman–Crippen MR) is 76.2 cm³/mol. The lowest BCUT2D eigenvalue weighted by molar-refractivity contribution is -0.137. The second-order valence-electron chi connectivity index (χ2n) is 5.37. The van der Waals surface area contributed by atoms with E-state index in [-0.39, 0.29) is 5.56 Å². The van der Waals surface area contributed by atoms with E-state index in [0.717, 1.165) is 12.1 Å². The highest BCUT2D eigenvalue weighted by Crippen LogP contribution is 2.29. The largest absolute Gasteiger partial charge is 0.416 e. The van der Waals surface area contributed by atoms with Gasteiger partial charge >= 0.3 is 6.18 Å². The van der Waals surface area contributed by atoms with Gasteiger partial charge in [0.15, 0.2) is 0 Å². The minimum absolute atomic E-state index is 0.0427. The summed E-state index contributed by atoms with van der Waals surface area (Å²) in [5.41, 5.74) is -1.07. The van der Waals surface area contributed by atoms with Gasteiger partial charge in [-0.25, -0.2) is 0 Å². The molecule has 0 spiro atoms. The number of carbonyl (C=O) groups excluding carboxylic acids is 1. The zero-order valence-corrected chi connectivity index (χ0v) is 12.1. The summed E-state index contributed by atoms with van der Waals surface area (Å²) in [5.74, 6) is -0.582. The molecule has 1 N–H and O–H groups in total. The normalized spacial score (nSPS) is 12.0. The van der Waals surface area contributed by atoms with Crippen molar-refractivity contribution in [3.8, 4) is 0 Å². The van der Waals surface area contributed by atoms with Gasteiger partial charge < -0.3 is 5.32 Å². The van der Waals surface area contributed by atoms with Crippen LogP contribution in [0.15, 0.2) is 48.7 Å². The summed E-state index contributed by atoms with van der Waals surface area (Å²) >= 11 is 0. The number of halogens is 3. The third-order valence-electron chi connectivity index (χ3n) is 3.18. The Labute approximate surface area is 126 Å². The van der Waals surface area contributed by atoms with Gasteiger partial charge in [-0.05, 0) is 44.2 Å². The van der Waals surface area contributed by atoms with Gasteiger partial charge in [0.2, 0.25) is 0 Å². The second-order valence-corrected chi connectivity index (χ2v) is 5.37. The Kier molecular flexibility index (Phi) is 4.21. The number of hydrogen-bond acceptors (Lipinski definition) is 2. The lowest BCUT2D eigenvalue weighted by Gasteiger charge is -2.25. The number of nitrogens with zero attached hydrogens (tertiary/aromatic N) is 1. The number of alkyl halides is 3. The SMILES string of the molecule is CC(C)(NC(=O)c1cccc(C(F)(F)F)c1)c1ccccn1. The first kappa shape index (κ1) is 16.0. The van der Waals surface area contributed by atoms with Crippen molar-refractivity contribution in [3.63, 3.8) is 0 Å². The fraction of sp³-hybridized carbons (Fsp3) is 0.250. The molecule has 2 rings (SSSR count). The van der Waals surface area contributed by atoms with Gasteiger partial charge in [-0.1, -0.05) is 12.1 Å². The highest BCUT2D eigenvalue weighted by Gasteiger charge is 2.31. The van der Waals surface area contributed by atoms with E-state index in [1.54, 1.807) is 38.2 Å². The number of hydrogen-bond donors (Lipinski definition) is 1. The summed E-state index contributed by atoms with van der Waals surface area (Å²) in [6.45, 7) is 3.47. The average molecular weight is 308 g/mol. The molecule has 0 aliphatic rings. The zero-order chi connectivity index (χ0) is 16.4. The quantitative estimate of drug-likeness (QED) is 0.938. The van der Waals surface area contributed by atoms with Gasteiger partial charge in [-0.15, -0.1) is 0 Å². The molecule has 6 heteroatoms. The van der Waals surface area contributed by atoms with Crippen molar-refractivity contribution in [3.05, 3.63) is 65.5 Å². The molecule has 0 aliphatic carbocycles. The van der Waals surface area contributed by atoms with Gasteiger partial charge in [-0.2, -0.15) is 13.2 Å². The van der Waals surface area contributed by atoms with Gasteiger partial charge in [-0.3, -0.25) is 9.78 Å². The molecular weight excluding hydrogens is 293 g/mol. The lowest BCUT2D eigenvalue weighted by atomic mass is 9.99. The van der Waals surface area contributed by atoms with Crippen molar-refractivity contribution in [2.75, 3.05) is 0 Å². The molecule has 116 valence electrons. The summed E-state index contributed by atoms with van der Waals surface area (Å²) in [7, 11) is 0. The first-order valence-electron chi connectivity index (χ1n) is 6.61. The number of nitrogens with one attached hydrogen (secondary N) is 1. The molecule has 3 nitrogen and oxygen atoms in total. The Morgan fingerprint density at radius 1 is 1.09 bits per heavy atom. The topological polar surface area (TPSA) is 42.0 Å². The first-order valence-corrected chi connectivity index (χ1v) is 6.61. The smallest absolute Gasteiger partial charge is 0.342 e. The van der Waals surface area contributed by atoms with Crippen LogP contribution in [0, 0.1) is 0 Å². The van der Waals surface area contributed by atoms with Crippen LogP contribution in [0.5, 0.6) is 0 Å². The Morgan fingerprint density at radius 3 is 2.41 bits per heavy atom. The third kappa shape index (κ3) is 3.63. The molecule has 0 atom stereocenters. The minimum atomic E-state index is -4.48. The first-order chi connectivity index (χ1) is 10.2. The summed E-state index contributed by atoms with van der Waals surface area (Å²) in [6.07, 6.45) is -2.89. The number of carbonyl (C=O) groups is 1. The van der Waals surface area contributed by atoms with E-state index in [1.165, 1.54) is 12.1 Å². The third-order valence-corrected chi connectivity index (χ3v) is 3.18. The van der Waals surface area contributed by atoms with Crippen LogP contribution >= 0.6 is 0 Å². The van der Waals surface area contributed by atoms with E-state index in [1.807, 2.05) is 0 Å². The summed E-state index contributed by atoms with van der Waals surface area (Å²) in [6, 6.07) is 9.59. The zero-order valence-electron chi connectivity index (χ0n) is 12.1. The Hall–Kier alpha value is -2.37. The van der Waals surface area contributed by atoms with Crippen LogP contribution in [0.4, 0.5) is 13.2 Å². The van der Waals surface area contributed by atoms with Crippen molar-refractivity contribution in [2.24, 2.45) is 0 Å². The maximum Gasteiger partial charge on any atom is 0.416 e. The van der Waals surface area contributed by atoms with Crippen LogP contribution in [-0.2, 0) is 11.7 Å². The minimum Gasteiger partial charge on any atom is -0.342 e. The lowest BCUT2D eigenvalue weighted by Crippen LogP contribution is -2.41. The number of amides is 1. The standard InChI is InChI=1S/C16H15F3N2O/c1-15(2,13-8-3-4-9-20-13)21-14(22)11-6-5-7-12(10-11)16(17,18)19/h3-10H,1-2H3,(H,21,22). The molecular formula is C16H15F3N2O. The molecule has 0 unspecified atom stereocenters. The van der Waals surface area contributed by atoms with Gasteiger partial charge in [0.1, 0.15) is 0 Å². The maximum absolute atomic E-state index is 12.7. The molecule has 0 radical (unpaired) electrons. The molecule has 1 aromatic carbocycles. The van der Waals surface area contributed by atoms with Gasteiger partial charge in [0.05, 0.1) is 16.8 Å². The Morgan fingerprint density at radius 2 is 1.82 bits per heavy atom. The second kappa shape index (κ2) is 5.79. The number of aromatic nitrogens is 1. The highest BCUT2D eigenvalue weighted by atomic mass is 19.4. The molecule has 0 aliphatic heterocycles. The molecule has 1 amide bonds. The monoisotopic (exact) mass is 308 g/mol. The van der Waals surface area contributed by atoms with Crippen molar-refractivity contribution < 1.29 is 18.0 Å². The molecule has 0 bridgehead atoms. The number of pyridine rings is 1. The van der Waals surface area contributed by atoms with Crippen LogP contribution < -0.4 is 5.32 Å². The van der Waals surface area contributed by atoms with Crippen molar-refractivity contribution in [1.82, 2.24) is 10.3 Å². The van der Waals surface area contributed by atoms with Crippen LogP contribution in [0.25, 0.3) is 0 Å². The fourth-order valence-corrected chi connectivity index (χ4v) is 1.99. The highest BCUT2D eigenvalue weighted by molar-refractivity contribution is 5.94. The van der Waals surface area contributed by atoms with Crippen molar-refractivity contribution in [2.45, 2.75) is 25.6 Å². The van der Waals surface area contributed by atoms with E-state index < -0.39 is 23.2 Å². The van der Waals surface area contributed by atoms with E-state index in [0.29, 0.717) is 5.69 Å². The van der Waals surface area contributed by atoms with E-state index in [4.69, 9.17) is 0 Å². The Balaban J connectivity index is 2.23. The van der Waals surface area contributed by atoms with Crippen LogP contribution in [0.1, 0.15) is 35.5 Å².